The molecule has 1 saturated heterocycles. The maximum atomic E-state index is 15.0. The fourth-order valence-electron chi connectivity index (χ4n) is 3.94. The third kappa shape index (κ3) is 6.11. The molecule has 3 heterocycles. The fraction of sp³-hybridized carbons (Fsp3) is 0.304. The number of halogens is 4. The van der Waals surface area contributed by atoms with E-state index in [0.29, 0.717) is 11.4 Å². The standard InChI is InChI=1S/C23H23ClF3N5O3S/c1-31-13-14(22(33)29-16-8-15(24)9-17(10-16)30-36(2,34)35)7-20(31)21-19(25)11-18(12-28-21)32-5-3-23(26,27)4-6-32/h7-13,30H,3-6H2,1-2H3,(H,29,33). The molecule has 0 aliphatic carbocycles. The van der Waals surface area contributed by atoms with Gasteiger partial charge < -0.3 is 14.8 Å². The van der Waals surface area contributed by atoms with Gasteiger partial charge >= 0.3 is 0 Å². The highest BCUT2D eigenvalue weighted by Gasteiger charge is 2.34. The molecule has 1 aliphatic rings. The molecule has 0 spiro atoms. The first-order chi connectivity index (χ1) is 16.8. The molecule has 36 heavy (non-hydrogen) atoms. The van der Waals surface area contributed by atoms with Gasteiger partial charge in [-0.25, -0.2) is 26.6 Å². The third-order valence-corrected chi connectivity index (χ3v) is 6.48. The summed E-state index contributed by atoms with van der Waals surface area (Å²) in [5.41, 5.74) is 1.39. The molecule has 1 fully saturated rings. The molecule has 1 amide bonds. The summed E-state index contributed by atoms with van der Waals surface area (Å²) in [6.45, 7) is 0.208. The maximum Gasteiger partial charge on any atom is 0.257 e. The predicted molar refractivity (Wildman–Crippen MR) is 133 cm³/mol. The summed E-state index contributed by atoms with van der Waals surface area (Å²) in [7, 11) is -1.92. The average molecular weight is 542 g/mol. The van der Waals surface area contributed by atoms with Crippen LogP contribution >= 0.6 is 11.6 Å². The molecular weight excluding hydrogens is 519 g/mol. The van der Waals surface area contributed by atoms with Crippen LogP contribution in [0.2, 0.25) is 5.02 Å². The number of aromatic nitrogens is 2. The number of hydrogen-bond acceptors (Lipinski definition) is 5. The van der Waals surface area contributed by atoms with E-state index in [4.69, 9.17) is 11.6 Å². The smallest absolute Gasteiger partial charge is 0.257 e. The monoisotopic (exact) mass is 541 g/mol. The van der Waals surface area contributed by atoms with Crippen LogP contribution in [0, 0.1) is 5.82 Å². The van der Waals surface area contributed by atoms with Crippen LogP contribution in [0.3, 0.4) is 0 Å². The van der Waals surface area contributed by atoms with Crippen LogP contribution in [-0.4, -0.2) is 49.1 Å². The third-order valence-electron chi connectivity index (χ3n) is 5.66. The number of benzene rings is 1. The minimum absolute atomic E-state index is 0.00466. The van der Waals surface area contributed by atoms with E-state index in [2.05, 4.69) is 15.0 Å². The molecule has 2 N–H and O–H groups in total. The van der Waals surface area contributed by atoms with Gasteiger partial charge in [-0.2, -0.15) is 0 Å². The van der Waals surface area contributed by atoms with Crippen molar-refractivity contribution in [2.75, 3.05) is 34.3 Å². The van der Waals surface area contributed by atoms with E-state index < -0.39 is 27.7 Å². The number of amides is 1. The van der Waals surface area contributed by atoms with E-state index in [9.17, 15) is 26.4 Å². The van der Waals surface area contributed by atoms with Crippen LogP contribution in [0.25, 0.3) is 11.4 Å². The average Bonchev–Trinajstić information content (AvgIpc) is 3.13. The highest BCUT2D eigenvalue weighted by atomic mass is 35.5. The Kier molecular flexibility index (Phi) is 6.93. The zero-order valence-corrected chi connectivity index (χ0v) is 20.9. The first-order valence-corrected chi connectivity index (χ1v) is 13.1. The van der Waals surface area contributed by atoms with Crippen molar-refractivity contribution in [1.82, 2.24) is 9.55 Å². The van der Waals surface area contributed by atoms with Gasteiger partial charge in [0.25, 0.3) is 11.8 Å². The largest absolute Gasteiger partial charge is 0.370 e. The van der Waals surface area contributed by atoms with E-state index in [1.807, 2.05) is 0 Å². The Balaban J connectivity index is 1.52. The lowest BCUT2D eigenvalue weighted by Crippen LogP contribution is -2.39. The number of nitrogens with one attached hydrogen (secondary N) is 2. The molecule has 1 aromatic carbocycles. The van der Waals surface area contributed by atoms with E-state index in [1.54, 1.807) is 11.9 Å². The molecule has 0 atom stereocenters. The number of anilines is 3. The predicted octanol–water partition coefficient (Wildman–Crippen LogP) is 4.74. The number of carbonyl (C=O) groups excluding carboxylic acids is 1. The number of piperidine rings is 1. The second-order valence-corrected chi connectivity index (χ2v) is 10.8. The van der Waals surface area contributed by atoms with Crippen molar-refractivity contribution >= 4 is 44.6 Å². The highest BCUT2D eigenvalue weighted by Crippen LogP contribution is 2.32. The topological polar surface area (TPSA) is 96.3 Å². The molecule has 13 heteroatoms. The number of pyridine rings is 1. The lowest BCUT2D eigenvalue weighted by Gasteiger charge is -2.33. The molecule has 0 unspecified atom stereocenters. The van der Waals surface area contributed by atoms with E-state index in [1.165, 1.54) is 47.3 Å². The van der Waals surface area contributed by atoms with Crippen molar-refractivity contribution in [1.29, 1.82) is 0 Å². The summed E-state index contributed by atoms with van der Waals surface area (Å²) in [5, 5.41) is 2.84. The Bertz CT molecular complexity index is 1420. The summed E-state index contributed by atoms with van der Waals surface area (Å²) in [5.74, 6) is -3.89. The molecule has 0 bridgehead atoms. The number of nitrogens with zero attached hydrogens (tertiary/aromatic N) is 3. The Hall–Kier alpha value is -3.25. The summed E-state index contributed by atoms with van der Waals surface area (Å²) < 4.78 is 68.6. The minimum Gasteiger partial charge on any atom is -0.370 e. The maximum absolute atomic E-state index is 15.0. The first-order valence-electron chi connectivity index (χ1n) is 10.8. The summed E-state index contributed by atoms with van der Waals surface area (Å²) >= 11 is 6.04. The molecule has 3 aromatic rings. The molecule has 1 aliphatic heterocycles. The highest BCUT2D eigenvalue weighted by molar-refractivity contribution is 7.92. The zero-order chi connectivity index (χ0) is 26.3. The van der Waals surface area contributed by atoms with Crippen molar-refractivity contribution in [3.05, 3.63) is 59.1 Å². The molecule has 192 valence electrons. The molecule has 2 aromatic heterocycles. The number of carbonyl (C=O) groups is 1. The van der Waals surface area contributed by atoms with Crippen molar-refractivity contribution in [2.45, 2.75) is 18.8 Å². The van der Waals surface area contributed by atoms with Crippen LogP contribution in [-0.2, 0) is 17.1 Å². The molecule has 4 rings (SSSR count). The van der Waals surface area contributed by atoms with Crippen molar-refractivity contribution in [3.8, 4) is 11.4 Å². The van der Waals surface area contributed by atoms with Crippen molar-refractivity contribution < 1.29 is 26.4 Å². The number of aryl methyl sites for hydroxylation is 1. The number of alkyl halides is 2. The minimum atomic E-state index is -3.55. The van der Waals surface area contributed by atoms with Crippen LogP contribution in [0.4, 0.5) is 30.2 Å². The van der Waals surface area contributed by atoms with Gasteiger partial charge in [-0.15, -0.1) is 0 Å². The Labute approximate surface area is 211 Å². The zero-order valence-electron chi connectivity index (χ0n) is 19.4. The van der Waals surface area contributed by atoms with Crippen molar-refractivity contribution in [2.24, 2.45) is 7.05 Å². The summed E-state index contributed by atoms with van der Waals surface area (Å²) in [4.78, 5) is 18.7. The van der Waals surface area contributed by atoms with Gasteiger partial charge in [-0.05, 0) is 24.3 Å². The lowest BCUT2D eigenvalue weighted by molar-refractivity contribution is -0.0220. The molecule has 8 nitrogen and oxygen atoms in total. The van der Waals surface area contributed by atoms with Gasteiger partial charge in [-0.1, -0.05) is 11.6 Å². The van der Waals surface area contributed by atoms with Crippen LogP contribution < -0.4 is 14.9 Å². The Morgan fingerprint density at radius 2 is 1.78 bits per heavy atom. The second-order valence-electron chi connectivity index (χ2n) is 8.65. The van der Waals surface area contributed by atoms with Gasteiger partial charge in [0.15, 0.2) is 5.82 Å². The summed E-state index contributed by atoms with van der Waals surface area (Å²) in [6, 6.07) is 6.97. The van der Waals surface area contributed by atoms with Crippen LogP contribution in [0.1, 0.15) is 23.2 Å². The van der Waals surface area contributed by atoms with Gasteiger partial charge in [0.05, 0.1) is 35.1 Å². The summed E-state index contributed by atoms with van der Waals surface area (Å²) in [6.07, 6.45) is 3.31. The van der Waals surface area contributed by atoms with Gasteiger partial charge in [0, 0.05) is 56.0 Å². The Morgan fingerprint density at radius 3 is 2.42 bits per heavy atom. The normalized spacial score (nSPS) is 15.6. The molecule has 0 radical (unpaired) electrons. The lowest BCUT2D eigenvalue weighted by atomic mass is 10.1. The van der Waals surface area contributed by atoms with Gasteiger partial charge in [-0.3, -0.25) is 9.52 Å². The van der Waals surface area contributed by atoms with Gasteiger partial charge in [0.1, 0.15) is 5.69 Å². The van der Waals surface area contributed by atoms with E-state index >= 15 is 0 Å². The second kappa shape index (κ2) is 9.66. The molecular formula is C23H23ClF3N5O3S. The number of hydrogen-bond donors (Lipinski definition) is 2. The number of rotatable bonds is 6. The quantitative estimate of drug-likeness (QED) is 0.470. The first kappa shape index (κ1) is 25.8. The SMILES string of the molecule is Cn1cc(C(=O)Nc2cc(Cl)cc(NS(C)(=O)=O)c2)cc1-c1ncc(N2CCC(F)(F)CC2)cc1F. The Morgan fingerprint density at radius 1 is 1.11 bits per heavy atom. The van der Waals surface area contributed by atoms with E-state index in [0.717, 1.165) is 6.26 Å². The van der Waals surface area contributed by atoms with Gasteiger partial charge in [0.2, 0.25) is 10.0 Å². The van der Waals surface area contributed by atoms with Crippen LogP contribution in [0.15, 0.2) is 42.7 Å². The van der Waals surface area contributed by atoms with Crippen LogP contribution in [0.5, 0.6) is 0 Å². The van der Waals surface area contributed by atoms with Crippen molar-refractivity contribution in [3.63, 3.8) is 0 Å². The molecule has 0 saturated carbocycles. The number of sulfonamides is 1. The van der Waals surface area contributed by atoms with E-state index in [-0.39, 0.29) is 53.6 Å². The fourth-order valence-corrected chi connectivity index (χ4v) is 4.72.